The molecule has 0 aliphatic heterocycles. The highest BCUT2D eigenvalue weighted by molar-refractivity contribution is 5.79. The molecule has 13 heavy (non-hydrogen) atoms. The lowest BCUT2D eigenvalue weighted by Crippen LogP contribution is -2.40. The molecule has 4 nitrogen and oxygen atoms in total. The van der Waals surface area contributed by atoms with Crippen LogP contribution in [0, 0.1) is 5.92 Å². The normalized spacial score (nSPS) is 18.8. The summed E-state index contributed by atoms with van der Waals surface area (Å²) in [6.45, 7) is 0. The van der Waals surface area contributed by atoms with Gasteiger partial charge in [0.05, 0.1) is 0 Å². The Labute approximate surface area is 78.0 Å². The highest BCUT2D eigenvalue weighted by Crippen LogP contribution is 2.22. The van der Waals surface area contributed by atoms with Gasteiger partial charge in [0.25, 0.3) is 0 Å². The summed E-state index contributed by atoms with van der Waals surface area (Å²) in [5.74, 6) is 0.0453. The van der Waals surface area contributed by atoms with Crippen LogP contribution in [0.4, 0.5) is 0 Å². The van der Waals surface area contributed by atoms with Crippen molar-refractivity contribution >= 4 is 12.3 Å². The largest absolute Gasteiger partial charge is 0.277 e. The second-order valence-electron chi connectivity index (χ2n) is 3.44. The molecule has 0 heterocycles. The molecule has 2 N–H and O–H groups in total. The van der Waals surface area contributed by atoms with Crippen molar-refractivity contribution in [2.45, 2.75) is 38.5 Å². The fourth-order valence-corrected chi connectivity index (χ4v) is 1.74. The SMILES string of the molecule is O=CNNC(=O)C1CCCCCC1. The van der Waals surface area contributed by atoms with E-state index in [0.717, 1.165) is 25.7 Å². The summed E-state index contributed by atoms with van der Waals surface area (Å²) in [5, 5.41) is 0. The summed E-state index contributed by atoms with van der Waals surface area (Å²) in [7, 11) is 0. The van der Waals surface area contributed by atoms with Crippen molar-refractivity contribution < 1.29 is 9.59 Å². The van der Waals surface area contributed by atoms with Gasteiger partial charge in [-0.3, -0.25) is 20.4 Å². The molecule has 1 fully saturated rings. The molecule has 1 aliphatic carbocycles. The minimum atomic E-state index is -0.0472. The molecule has 0 spiro atoms. The van der Waals surface area contributed by atoms with Gasteiger partial charge in [0.15, 0.2) is 0 Å². The number of amides is 2. The lowest BCUT2D eigenvalue weighted by atomic mass is 10.00. The molecular weight excluding hydrogens is 168 g/mol. The van der Waals surface area contributed by atoms with Crippen LogP contribution in [-0.4, -0.2) is 12.3 Å². The van der Waals surface area contributed by atoms with E-state index in [1.807, 2.05) is 0 Å². The van der Waals surface area contributed by atoms with Crippen LogP contribution in [0.2, 0.25) is 0 Å². The maximum Gasteiger partial charge on any atom is 0.241 e. The minimum Gasteiger partial charge on any atom is -0.277 e. The molecule has 0 unspecified atom stereocenters. The number of hydrogen-bond donors (Lipinski definition) is 2. The number of nitrogens with one attached hydrogen (secondary N) is 2. The molecule has 1 saturated carbocycles. The molecule has 0 aromatic rings. The molecule has 74 valence electrons. The summed E-state index contributed by atoms with van der Waals surface area (Å²) >= 11 is 0. The summed E-state index contributed by atoms with van der Waals surface area (Å²) in [5.41, 5.74) is 4.56. The minimum absolute atomic E-state index is 0.0472. The first-order chi connectivity index (χ1) is 6.34. The van der Waals surface area contributed by atoms with Gasteiger partial charge in [-0.15, -0.1) is 0 Å². The predicted octanol–water partition coefficient (Wildman–Crippen LogP) is 0.734. The van der Waals surface area contributed by atoms with Crippen LogP contribution in [0.3, 0.4) is 0 Å². The molecule has 1 aliphatic rings. The number of rotatable bonds is 3. The monoisotopic (exact) mass is 184 g/mol. The average molecular weight is 184 g/mol. The Morgan fingerprint density at radius 2 is 1.77 bits per heavy atom. The van der Waals surface area contributed by atoms with Gasteiger partial charge in [-0.25, -0.2) is 0 Å². The molecule has 0 aromatic heterocycles. The third kappa shape index (κ3) is 3.44. The fourth-order valence-electron chi connectivity index (χ4n) is 1.74. The van der Waals surface area contributed by atoms with Gasteiger partial charge in [0.1, 0.15) is 0 Å². The van der Waals surface area contributed by atoms with Gasteiger partial charge in [-0.1, -0.05) is 25.7 Å². The molecular formula is C9H16N2O2. The lowest BCUT2D eigenvalue weighted by Gasteiger charge is -2.12. The zero-order valence-corrected chi connectivity index (χ0v) is 7.71. The van der Waals surface area contributed by atoms with E-state index in [1.165, 1.54) is 12.8 Å². The predicted molar refractivity (Wildman–Crippen MR) is 48.5 cm³/mol. The number of carbonyl (C=O) groups is 2. The molecule has 0 saturated heterocycles. The number of hydrazine groups is 1. The topological polar surface area (TPSA) is 58.2 Å². The summed E-state index contributed by atoms with van der Waals surface area (Å²) in [4.78, 5) is 21.3. The van der Waals surface area contributed by atoms with Crippen molar-refractivity contribution in [3.05, 3.63) is 0 Å². The van der Waals surface area contributed by atoms with Crippen molar-refractivity contribution in [1.82, 2.24) is 10.9 Å². The molecule has 2 amide bonds. The Bertz CT molecular complexity index is 174. The van der Waals surface area contributed by atoms with Crippen molar-refractivity contribution in [2.24, 2.45) is 5.92 Å². The zero-order chi connectivity index (χ0) is 9.52. The lowest BCUT2D eigenvalue weighted by molar-refractivity contribution is -0.128. The molecule has 4 heteroatoms. The van der Waals surface area contributed by atoms with Crippen LogP contribution < -0.4 is 10.9 Å². The van der Waals surface area contributed by atoms with E-state index in [4.69, 9.17) is 0 Å². The maximum atomic E-state index is 11.4. The van der Waals surface area contributed by atoms with E-state index in [-0.39, 0.29) is 11.8 Å². The van der Waals surface area contributed by atoms with Crippen molar-refractivity contribution in [1.29, 1.82) is 0 Å². The average Bonchev–Trinajstić information content (AvgIpc) is 2.42. The quantitative estimate of drug-likeness (QED) is 0.386. The van der Waals surface area contributed by atoms with E-state index in [0.29, 0.717) is 6.41 Å². The summed E-state index contributed by atoms with van der Waals surface area (Å²) < 4.78 is 0. The van der Waals surface area contributed by atoms with Crippen molar-refractivity contribution in [2.75, 3.05) is 0 Å². The first kappa shape index (κ1) is 10.0. The summed E-state index contributed by atoms with van der Waals surface area (Å²) in [6, 6.07) is 0. The number of carbonyl (C=O) groups excluding carboxylic acids is 2. The Morgan fingerprint density at radius 1 is 1.15 bits per heavy atom. The third-order valence-corrected chi connectivity index (χ3v) is 2.48. The van der Waals surface area contributed by atoms with Crippen LogP contribution >= 0.6 is 0 Å². The zero-order valence-electron chi connectivity index (χ0n) is 7.71. The maximum absolute atomic E-state index is 11.4. The van der Waals surface area contributed by atoms with E-state index in [9.17, 15) is 9.59 Å². The third-order valence-electron chi connectivity index (χ3n) is 2.48. The Balaban J connectivity index is 2.30. The molecule has 0 atom stereocenters. The van der Waals surface area contributed by atoms with Crippen LogP contribution in [0.1, 0.15) is 38.5 Å². The van der Waals surface area contributed by atoms with Crippen molar-refractivity contribution in [3.63, 3.8) is 0 Å². The first-order valence-electron chi connectivity index (χ1n) is 4.83. The van der Waals surface area contributed by atoms with E-state index in [1.54, 1.807) is 0 Å². The summed E-state index contributed by atoms with van der Waals surface area (Å²) in [6.07, 6.45) is 7.08. The molecule has 0 bridgehead atoms. The van der Waals surface area contributed by atoms with Gasteiger partial charge >= 0.3 is 0 Å². The van der Waals surface area contributed by atoms with Crippen LogP contribution in [0.5, 0.6) is 0 Å². The first-order valence-corrected chi connectivity index (χ1v) is 4.83. The van der Waals surface area contributed by atoms with E-state index >= 15 is 0 Å². The smallest absolute Gasteiger partial charge is 0.241 e. The van der Waals surface area contributed by atoms with Crippen LogP contribution in [-0.2, 0) is 9.59 Å². The van der Waals surface area contributed by atoms with Gasteiger partial charge < -0.3 is 0 Å². The van der Waals surface area contributed by atoms with Gasteiger partial charge in [0.2, 0.25) is 12.3 Å². The van der Waals surface area contributed by atoms with E-state index < -0.39 is 0 Å². The van der Waals surface area contributed by atoms with Gasteiger partial charge in [0, 0.05) is 5.92 Å². The molecule has 0 radical (unpaired) electrons. The van der Waals surface area contributed by atoms with Gasteiger partial charge in [-0.05, 0) is 12.8 Å². The Hall–Kier alpha value is -1.06. The number of hydrogen-bond acceptors (Lipinski definition) is 2. The second kappa shape index (κ2) is 5.56. The fraction of sp³-hybridized carbons (Fsp3) is 0.778. The second-order valence-corrected chi connectivity index (χ2v) is 3.44. The van der Waals surface area contributed by atoms with E-state index in [2.05, 4.69) is 10.9 Å². The van der Waals surface area contributed by atoms with Crippen LogP contribution in [0.15, 0.2) is 0 Å². The standard InChI is InChI=1S/C9H16N2O2/c12-7-10-11-9(13)8-5-3-1-2-4-6-8/h7-8H,1-6H2,(H,10,12)(H,11,13). The van der Waals surface area contributed by atoms with Crippen molar-refractivity contribution in [3.8, 4) is 0 Å². The highest BCUT2D eigenvalue weighted by atomic mass is 16.2. The molecule has 1 rings (SSSR count). The van der Waals surface area contributed by atoms with Crippen LogP contribution in [0.25, 0.3) is 0 Å². The molecule has 0 aromatic carbocycles. The Morgan fingerprint density at radius 3 is 2.31 bits per heavy atom. The Kier molecular flexibility index (Phi) is 4.29. The highest BCUT2D eigenvalue weighted by Gasteiger charge is 2.19. The van der Waals surface area contributed by atoms with Gasteiger partial charge in [-0.2, -0.15) is 0 Å².